The number of aromatic nitrogens is 3. The summed E-state index contributed by atoms with van der Waals surface area (Å²) in [4.78, 5) is 18.8. The topological polar surface area (TPSA) is 106 Å². The van der Waals surface area contributed by atoms with Gasteiger partial charge in [0.05, 0.1) is 18.7 Å². The second-order valence-corrected chi connectivity index (χ2v) is 8.58. The van der Waals surface area contributed by atoms with Gasteiger partial charge in [0.15, 0.2) is 11.8 Å². The van der Waals surface area contributed by atoms with Crippen LogP contribution in [0.4, 0.5) is 4.79 Å². The summed E-state index contributed by atoms with van der Waals surface area (Å²) in [5.41, 5.74) is -0.534. The zero-order chi connectivity index (χ0) is 22.3. The Balaban J connectivity index is 2.07. The molecule has 10 heteroatoms. The lowest BCUT2D eigenvalue weighted by atomic mass is 10.2. The number of aryl methyl sites for hydroxylation is 1. The van der Waals surface area contributed by atoms with E-state index in [1.165, 1.54) is 0 Å². The van der Waals surface area contributed by atoms with Crippen LogP contribution in [0.2, 0.25) is 0 Å². The lowest BCUT2D eigenvalue weighted by molar-refractivity contribution is 0.0252. The van der Waals surface area contributed by atoms with Crippen LogP contribution in [-0.4, -0.2) is 76.2 Å². The van der Waals surface area contributed by atoms with Crippen molar-refractivity contribution in [3.8, 4) is 0 Å². The molecule has 0 aromatic carbocycles. The van der Waals surface area contributed by atoms with Crippen LogP contribution in [0.25, 0.3) is 0 Å². The maximum Gasteiger partial charge on any atom is 0.410 e. The molecule has 0 saturated carbocycles. The molecule has 1 fully saturated rings. The van der Waals surface area contributed by atoms with Gasteiger partial charge in [-0.2, -0.15) is 0 Å². The molecular formula is C20H37N7O3. The fourth-order valence-electron chi connectivity index (χ4n) is 3.08. The number of guanidine groups is 1. The molecule has 1 aliphatic rings. The lowest BCUT2D eigenvalue weighted by Gasteiger charge is -2.24. The summed E-state index contributed by atoms with van der Waals surface area (Å²) in [5, 5.41) is 15.0. The normalized spacial score (nSPS) is 19.8. The van der Waals surface area contributed by atoms with Crippen LogP contribution in [0.15, 0.2) is 4.99 Å². The van der Waals surface area contributed by atoms with Gasteiger partial charge in [0.25, 0.3) is 0 Å². The van der Waals surface area contributed by atoms with Crippen molar-refractivity contribution in [2.24, 2.45) is 12.0 Å². The third-order valence-electron chi connectivity index (χ3n) is 4.93. The summed E-state index contributed by atoms with van der Waals surface area (Å²) in [5.74, 6) is 2.30. The molecule has 0 bridgehead atoms. The fraction of sp³-hybridized carbons (Fsp3) is 0.800. The Hall–Kier alpha value is -2.36. The highest BCUT2D eigenvalue weighted by Crippen LogP contribution is 2.17. The minimum absolute atomic E-state index is 0.100. The molecule has 2 rings (SSSR count). The van der Waals surface area contributed by atoms with Crippen LogP contribution in [-0.2, 0) is 23.1 Å². The van der Waals surface area contributed by atoms with Crippen molar-refractivity contribution in [3.05, 3.63) is 11.6 Å². The van der Waals surface area contributed by atoms with E-state index in [0.717, 1.165) is 31.0 Å². The molecule has 1 amide bonds. The minimum Gasteiger partial charge on any atom is -0.444 e. The number of rotatable bonds is 7. The quantitative estimate of drug-likeness (QED) is 0.390. The van der Waals surface area contributed by atoms with Crippen LogP contribution in [0.5, 0.6) is 0 Å². The first-order valence-corrected chi connectivity index (χ1v) is 10.5. The van der Waals surface area contributed by atoms with E-state index >= 15 is 0 Å². The largest absolute Gasteiger partial charge is 0.444 e. The number of nitrogens with zero attached hydrogens (tertiary/aromatic N) is 5. The van der Waals surface area contributed by atoms with Crippen LogP contribution < -0.4 is 10.6 Å². The van der Waals surface area contributed by atoms with Crippen LogP contribution >= 0.6 is 0 Å². The van der Waals surface area contributed by atoms with Gasteiger partial charge in [-0.05, 0) is 34.1 Å². The highest BCUT2D eigenvalue weighted by molar-refractivity contribution is 5.80. The van der Waals surface area contributed by atoms with Gasteiger partial charge >= 0.3 is 6.09 Å². The summed E-state index contributed by atoms with van der Waals surface area (Å²) >= 11 is 0. The third kappa shape index (κ3) is 6.86. The Morgan fingerprint density at radius 1 is 1.30 bits per heavy atom. The first-order valence-electron chi connectivity index (χ1n) is 10.5. The number of likely N-dealkylation sites (tertiary alicyclic amines) is 1. The highest BCUT2D eigenvalue weighted by Gasteiger charge is 2.37. The average molecular weight is 424 g/mol. The van der Waals surface area contributed by atoms with Crippen molar-refractivity contribution in [1.29, 1.82) is 0 Å². The Labute approximate surface area is 179 Å². The van der Waals surface area contributed by atoms with Crippen LogP contribution in [0, 0.1) is 6.92 Å². The highest BCUT2D eigenvalue weighted by atomic mass is 16.6. The van der Waals surface area contributed by atoms with E-state index in [2.05, 4.69) is 32.7 Å². The standard InChI is InChI=1S/C20H37N7O3/c1-8-9-10-21-18(22-11-17-25-24-14(2)26(17)6)23-15-12-27(13-16(15)29-7)19(28)30-20(3,4)5/h15-16H,8-13H2,1-7H3,(H2,21,22,23)/t15?,16-/m0/s1. The second-order valence-electron chi connectivity index (χ2n) is 8.58. The van der Waals surface area contributed by atoms with E-state index in [9.17, 15) is 4.79 Å². The summed E-state index contributed by atoms with van der Waals surface area (Å²) in [6.45, 7) is 11.8. The maximum atomic E-state index is 12.5. The molecule has 2 N–H and O–H groups in total. The molecule has 1 aliphatic heterocycles. The first-order chi connectivity index (χ1) is 14.1. The van der Waals surface area contributed by atoms with Crippen LogP contribution in [0.3, 0.4) is 0 Å². The first kappa shape index (κ1) is 23.9. The Morgan fingerprint density at radius 3 is 2.60 bits per heavy atom. The van der Waals surface area contributed by atoms with E-state index in [4.69, 9.17) is 9.47 Å². The summed E-state index contributed by atoms with van der Waals surface area (Å²) < 4.78 is 13.1. The lowest BCUT2D eigenvalue weighted by Crippen LogP contribution is -2.49. The van der Waals surface area contributed by atoms with Gasteiger partial charge in [-0.15, -0.1) is 10.2 Å². The van der Waals surface area contributed by atoms with Crippen molar-refractivity contribution in [3.63, 3.8) is 0 Å². The van der Waals surface area contributed by atoms with Crippen molar-refractivity contribution in [2.45, 2.75) is 71.8 Å². The number of amides is 1. The molecular weight excluding hydrogens is 386 g/mol. The van der Waals surface area contributed by atoms with E-state index in [1.807, 2.05) is 39.3 Å². The second kappa shape index (κ2) is 10.6. The predicted octanol–water partition coefficient (Wildman–Crippen LogP) is 1.59. The molecule has 0 aliphatic carbocycles. The molecule has 1 unspecified atom stereocenters. The maximum absolute atomic E-state index is 12.5. The molecule has 2 heterocycles. The van der Waals surface area contributed by atoms with Gasteiger partial charge in [-0.25, -0.2) is 9.79 Å². The van der Waals surface area contributed by atoms with Gasteiger partial charge < -0.3 is 29.6 Å². The number of aliphatic imine (C=N–C) groups is 1. The number of methoxy groups -OCH3 is 1. The van der Waals surface area contributed by atoms with Crippen molar-refractivity contribution < 1.29 is 14.3 Å². The molecule has 1 aromatic rings. The van der Waals surface area contributed by atoms with Gasteiger partial charge in [0, 0.05) is 27.2 Å². The fourth-order valence-corrected chi connectivity index (χ4v) is 3.08. The van der Waals surface area contributed by atoms with E-state index in [0.29, 0.717) is 25.6 Å². The molecule has 0 spiro atoms. The molecule has 30 heavy (non-hydrogen) atoms. The number of nitrogens with one attached hydrogen (secondary N) is 2. The number of ether oxygens (including phenoxy) is 2. The molecule has 2 atom stereocenters. The predicted molar refractivity (Wildman–Crippen MR) is 115 cm³/mol. The monoisotopic (exact) mass is 423 g/mol. The summed E-state index contributed by atoms with van der Waals surface area (Å²) in [6.07, 6.45) is 1.62. The zero-order valence-electron chi connectivity index (χ0n) is 19.4. The van der Waals surface area contributed by atoms with Crippen molar-refractivity contribution >= 4 is 12.1 Å². The summed E-state index contributed by atoms with van der Waals surface area (Å²) in [6, 6.07) is -0.100. The third-order valence-corrected chi connectivity index (χ3v) is 4.93. The van der Waals surface area contributed by atoms with Crippen LogP contribution in [0.1, 0.15) is 52.2 Å². The van der Waals surface area contributed by atoms with Crippen molar-refractivity contribution in [1.82, 2.24) is 30.3 Å². The van der Waals surface area contributed by atoms with Gasteiger partial charge in [0.1, 0.15) is 18.0 Å². The number of carbonyl (C=O) groups excluding carboxylic acids is 1. The van der Waals surface area contributed by atoms with E-state index < -0.39 is 5.60 Å². The average Bonchev–Trinajstić information content (AvgIpc) is 3.22. The Bertz CT molecular complexity index is 726. The minimum atomic E-state index is -0.534. The molecule has 170 valence electrons. The van der Waals surface area contributed by atoms with E-state index in [-0.39, 0.29) is 18.2 Å². The smallest absolute Gasteiger partial charge is 0.410 e. The van der Waals surface area contributed by atoms with Crippen molar-refractivity contribution in [2.75, 3.05) is 26.7 Å². The number of carbonyl (C=O) groups is 1. The zero-order valence-corrected chi connectivity index (χ0v) is 19.4. The molecule has 10 nitrogen and oxygen atoms in total. The molecule has 1 saturated heterocycles. The van der Waals surface area contributed by atoms with Gasteiger partial charge in [-0.3, -0.25) is 0 Å². The Morgan fingerprint density at radius 2 is 2.03 bits per heavy atom. The summed E-state index contributed by atoms with van der Waals surface area (Å²) in [7, 11) is 3.58. The number of hydrogen-bond donors (Lipinski definition) is 2. The van der Waals surface area contributed by atoms with E-state index in [1.54, 1.807) is 12.0 Å². The number of hydrogen-bond acceptors (Lipinski definition) is 6. The molecule has 0 radical (unpaired) electrons. The SMILES string of the molecule is CCCCNC(=NCc1nnc(C)n1C)NC1CN(C(=O)OC(C)(C)C)C[C@@H]1OC. The van der Waals surface area contributed by atoms with Gasteiger partial charge in [0.2, 0.25) is 0 Å². The number of unbranched alkanes of at least 4 members (excludes halogenated alkanes) is 1. The molecule has 1 aromatic heterocycles. The van der Waals surface area contributed by atoms with Gasteiger partial charge in [-0.1, -0.05) is 13.3 Å². The Kier molecular flexibility index (Phi) is 8.45.